The molecular formula is C23H50N4. The highest BCUT2D eigenvalue weighted by Gasteiger charge is 2.32. The van der Waals surface area contributed by atoms with Crippen LogP contribution in [0.3, 0.4) is 0 Å². The van der Waals surface area contributed by atoms with Gasteiger partial charge in [-0.15, -0.1) is 0 Å². The fourth-order valence-electron chi connectivity index (χ4n) is 4.79. The second-order valence-electron chi connectivity index (χ2n) is 9.92. The molecule has 0 aromatic carbocycles. The summed E-state index contributed by atoms with van der Waals surface area (Å²) in [6, 6.07) is 0. The largest absolute Gasteiger partial charge is 0.325 e. The van der Waals surface area contributed by atoms with Gasteiger partial charge in [0.1, 0.15) is 0 Å². The minimum atomic E-state index is -0.102. The lowest BCUT2D eigenvalue weighted by Gasteiger charge is -2.36. The molecular weight excluding hydrogens is 332 g/mol. The van der Waals surface area contributed by atoms with Gasteiger partial charge in [0.15, 0.2) is 0 Å². The van der Waals surface area contributed by atoms with E-state index in [0.717, 1.165) is 96.3 Å². The zero-order valence-electron chi connectivity index (χ0n) is 18.9. The molecule has 8 N–H and O–H groups in total. The Kier molecular flexibility index (Phi) is 9.74. The molecule has 162 valence electrons. The van der Waals surface area contributed by atoms with Crippen molar-refractivity contribution in [2.75, 3.05) is 0 Å². The fourth-order valence-corrected chi connectivity index (χ4v) is 4.79. The third kappa shape index (κ3) is 8.00. The van der Waals surface area contributed by atoms with Crippen LogP contribution in [0.1, 0.15) is 124 Å². The molecule has 1 fully saturated rings. The molecule has 0 heterocycles. The van der Waals surface area contributed by atoms with Crippen LogP contribution in [-0.2, 0) is 0 Å². The van der Waals surface area contributed by atoms with E-state index in [2.05, 4.69) is 27.7 Å². The second-order valence-corrected chi connectivity index (χ2v) is 9.92. The Labute approximate surface area is 169 Å². The number of rotatable bonds is 4. The molecule has 4 unspecified atom stereocenters. The van der Waals surface area contributed by atoms with Crippen molar-refractivity contribution in [1.82, 2.24) is 0 Å². The maximum Gasteiger partial charge on any atom is 0.0152 e. The van der Waals surface area contributed by atoms with Crippen LogP contribution >= 0.6 is 0 Å². The van der Waals surface area contributed by atoms with Crippen LogP contribution in [0.5, 0.6) is 0 Å². The van der Waals surface area contributed by atoms with E-state index in [4.69, 9.17) is 22.9 Å². The van der Waals surface area contributed by atoms with Gasteiger partial charge in [-0.05, 0) is 96.3 Å². The minimum absolute atomic E-state index is 0.0650. The zero-order chi connectivity index (χ0) is 20.6. The molecule has 0 aromatic heterocycles. The molecule has 1 saturated carbocycles. The molecule has 0 amide bonds. The molecule has 1 rings (SSSR count). The average Bonchev–Trinajstić information content (AvgIpc) is 2.66. The Morgan fingerprint density at radius 3 is 0.778 bits per heavy atom. The molecule has 4 heteroatoms. The van der Waals surface area contributed by atoms with E-state index in [1.54, 1.807) is 0 Å². The Bertz CT molecular complexity index is 391. The van der Waals surface area contributed by atoms with Crippen molar-refractivity contribution in [3.05, 3.63) is 0 Å². The molecule has 1 aliphatic rings. The van der Waals surface area contributed by atoms with E-state index in [0.29, 0.717) is 0 Å². The first-order chi connectivity index (χ1) is 12.6. The summed E-state index contributed by atoms with van der Waals surface area (Å²) in [6.45, 7) is 8.89. The van der Waals surface area contributed by atoms with Crippen LogP contribution in [0.25, 0.3) is 0 Å². The molecule has 0 aromatic rings. The summed E-state index contributed by atoms with van der Waals surface area (Å²) >= 11 is 0. The molecule has 0 aliphatic heterocycles. The van der Waals surface area contributed by atoms with E-state index < -0.39 is 0 Å². The normalized spacial score (nSPS) is 40.9. The summed E-state index contributed by atoms with van der Waals surface area (Å²) in [5, 5.41) is 0. The molecule has 0 saturated heterocycles. The van der Waals surface area contributed by atoms with Crippen LogP contribution in [0.4, 0.5) is 0 Å². The quantitative estimate of drug-likeness (QED) is 0.564. The van der Waals surface area contributed by atoms with Crippen molar-refractivity contribution < 1.29 is 0 Å². The van der Waals surface area contributed by atoms with Crippen molar-refractivity contribution in [1.29, 1.82) is 0 Å². The Morgan fingerprint density at radius 1 is 0.407 bits per heavy atom. The van der Waals surface area contributed by atoms with Gasteiger partial charge in [0, 0.05) is 22.2 Å². The van der Waals surface area contributed by atoms with Gasteiger partial charge < -0.3 is 22.9 Å². The van der Waals surface area contributed by atoms with Crippen molar-refractivity contribution in [2.45, 2.75) is 146 Å². The van der Waals surface area contributed by atoms with E-state index in [1.165, 1.54) is 0 Å². The van der Waals surface area contributed by atoms with Crippen molar-refractivity contribution in [3.63, 3.8) is 0 Å². The monoisotopic (exact) mass is 382 g/mol. The lowest BCUT2D eigenvalue weighted by Crippen LogP contribution is -2.46. The van der Waals surface area contributed by atoms with Gasteiger partial charge in [0.05, 0.1) is 0 Å². The fraction of sp³-hybridized carbons (Fsp3) is 1.00. The van der Waals surface area contributed by atoms with E-state index in [1.807, 2.05) is 0 Å². The Balaban J connectivity index is 2.94. The Hall–Kier alpha value is -0.160. The maximum atomic E-state index is 6.79. The van der Waals surface area contributed by atoms with E-state index in [-0.39, 0.29) is 22.2 Å². The summed E-state index contributed by atoms with van der Waals surface area (Å²) < 4.78 is 0. The van der Waals surface area contributed by atoms with Crippen LogP contribution in [0.15, 0.2) is 0 Å². The predicted octanol–water partition coefficient (Wildman–Crippen LogP) is 4.72. The smallest absolute Gasteiger partial charge is 0.0152 e. The highest BCUT2D eigenvalue weighted by atomic mass is 14.8. The Morgan fingerprint density at radius 2 is 0.593 bits per heavy atom. The van der Waals surface area contributed by atoms with Crippen molar-refractivity contribution in [3.8, 4) is 0 Å². The molecule has 0 radical (unpaired) electrons. The summed E-state index contributed by atoms with van der Waals surface area (Å²) in [4.78, 5) is 0. The molecule has 0 spiro atoms. The first-order valence-corrected chi connectivity index (χ1v) is 11.7. The zero-order valence-corrected chi connectivity index (χ0v) is 18.9. The summed E-state index contributed by atoms with van der Waals surface area (Å²) in [5.41, 5.74) is 26.8. The third-order valence-electron chi connectivity index (χ3n) is 7.99. The second kappa shape index (κ2) is 10.6. The van der Waals surface area contributed by atoms with Gasteiger partial charge in [0.2, 0.25) is 0 Å². The van der Waals surface area contributed by atoms with Crippen molar-refractivity contribution >= 4 is 0 Å². The topological polar surface area (TPSA) is 104 Å². The number of hydrogen-bond donors (Lipinski definition) is 4. The predicted molar refractivity (Wildman–Crippen MR) is 120 cm³/mol. The molecule has 0 bridgehead atoms. The maximum absolute atomic E-state index is 6.79. The van der Waals surface area contributed by atoms with Crippen LogP contribution < -0.4 is 22.9 Å². The molecule has 1 aliphatic carbocycles. The first-order valence-electron chi connectivity index (χ1n) is 11.7. The first kappa shape index (κ1) is 24.9. The number of hydrogen-bond acceptors (Lipinski definition) is 4. The van der Waals surface area contributed by atoms with Gasteiger partial charge in [-0.1, -0.05) is 27.7 Å². The minimum Gasteiger partial charge on any atom is -0.325 e. The summed E-state index contributed by atoms with van der Waals surface area (Å²) in [7, 11) is 0. The van der Waals surface area contributed by atoms with E-state index in [9.17, 15) is 0 Å². The summed E-state index contributed by atoms with van der Waals surface area (Å²) in [6.07, 6.45) is 15.8. The highest BCUT2D eigenvalue weighted by Crippen LogP contribution is 2.33. The summed E-state index contributed by atoms with van der Waals surface area (Å²) in [5.74, 6) is 0. The van der Waals surface area contributed by atoms with E-state index >= 15 is 0 Å². The van der Waals surface area contributed by atoms with Gasteiger partial charge in [-0.3, -0.25) is 0 Å². The van der Waals surface area contributed by atoms with Crippen molar-refractivity contribution in [2.24, 2.45) is 22.9 Å². The lowest BCUT2D eigenvalue weighted by molar-refractivity contribution is 0.249. The SMILES string of the molecule is CCC1(N)CCCC(N)(CC)CCCC(N)(CC)CCC(N)(CC)CCC1. The van der Waals surface area contributed by atoms with Gasteiger partial charge in [-0.25, -0.2) is 0 Å². The standard InChI is InChI=1S/C23H50N4/c1-5-20(24)12-9-13-21(25,6-2)15-11-17-23(27,8-4)19-18-22(26,7-3)16-10-14-20/h5-19,24-27H2,1-4H3. The molecule has 4 nitrogen and oxygen atoms in total. The average molecular weight is 383 g/mol. The van der Waals surface area contributed by atoms with Gasteiger partial charge >= 0.3 is 0 Å². The van der Waals surface area contributed by atoms with Crippen LogP contribution in [0, 0.1) is 0 Å². The highest BCUT2D eigenvalue weighted by molar-refractivity contribution is 4.93. The van der Waals surface area contributed by atoms with Gasteiger partial charge in [-0.2, -0.15) is 0 Å². The lowest BCUT2D eigenvalue weighted by atomic mass is 9.77. The molecule has 27 heavy (non-hydrogen) atoms. The van der Waals surface area contributed by atoms with Gasteiger partial charge in [0.25, 0.3) is 0 Å². The molecule has 4 atom stereocenters. The third-order valence-corrected chi connectivity index (χ3v) is 7.99. The van der Waals surface area contributed by atoms with Crippen LogP contribution in [-0.4, -0.2) is 22.2 Å². The number of nitrogens with two attached hydrogens (primary N) is 4. The van der Waals surface area contributed by atoms with Crippen LogP contribution in [0.2, 0.25) is 0 Å².